The van der Waals surface area contributed by atoms with Crippen molar-refractivity contribution >= 4 is 50.3 Å². The summed E-state index contributed by atoms with van der Waals surface area (Å²) in [7, 11) is 0. The molecule has 0 aliphatic carbocycles. The Kier molecular flexibility index (Phi) is 5.81. The van der Waals surface area contributed by atoms with Crippen LogP contribution in [0.15, 0.2) is 56.8 Å². The van der Waals surface area contributed by atoms with E-state index in [1.54, 1.807) is 29.4 Å². The Balaban J connectivity index is 1.54. The minimum atomic E-state index is 0.212. The van der Waals surface area contributed by atoms with Crippen molar-refractivity contribution in [2.75, 3.05) is 18.8 Å². The van der Waals surface area contributed by atoms with Gasteiger partial charge in [-0.25, -0.2) is 19.9 Å². The van der Waals surface area contributed by atoms with Gasteiger partial charge in [-0.1, -0.05) is 32.5 Å². The summed E-state index contributed by atoms with van der Waals surface area (Å²) in [5.74, 6) is 1.17. The maximum Gasteiger partial charge on any atom is 0.175 e. The van der Waals surface area contributed by atoms with Crippen LogP contribution in [0.2, 0.25) is 0 Å². The van der Waals surface area contributed by atoms with Crippen molar-refractivity contribution in [3.63, 3.8) is 0 Å². The van der Waals surface area contributed by atoms with E-state index in [0.717, 1.165) is 50.3 Å². The molecule has 1 aromatic carbocycles. The molecule has 0 aliphatic heterocycles. The topological polar surface area (TPSA) is 108 Å². The molecule has 0 radical (unpaired) electrons. The van der Waals surface area contributed by atoms with Gasteiger partial charge in [0.05, 0.1) is 22.0 Å². The number of rotatable bonds is 7. The third-order valence-corrected chi connectivity index (χ3v) is 6.96. The van der Waals surface area contributed by atoms with E-state index in [1.807, 2.05) is 17.6 Å². The number of anilines is 1. The Morgan fingerprint density at radius 3 is 2.88 bits per heavy atom. The molecule has 0 amide bonds. The average Bonchev–Trinajstić information content (AvgIpc) is 3.51. The number of nitrogens with zero attached hydrogens (tertiary/aromatic N) is 5. The van der Waals surface area contributed by atoms with Gasteiger partial charge in [0.15, 0.2) is 22.1 Å². The van der Waals surface area contributed by atoms with Gasteiger partial charge >= 0.3 is 0 Å². The number of furan rings is 1. The molecule has 0 saturated heterocycles. The Morgan fingerprint density at radius 2 is 2.09 bits per heavy atom. The zero-order valence-corrected chi connectivity index (χ0v) is 20.3. The fraction of sp³-hybridized carbons (Fsp3) is 0.304. The van der Waals surface area contributed by atoms with E-state index in [2.05, 4.69) is 57.7 Å². The van der Waals surface area contributed by atoms with Crippen molar-refractivity contribution in [3.05, 3.63) is 42.4 Å². The van der Waals surface area contributed by atoms with E-state index in [9.17, 15) is 0 Å². The van der Waals surface area contributed by atoms with Crippen molar-refractivity contribution in [2.24, 2.45) is 5.41 Å². The number of nitrogens with one attached hydrogen (secondary N) is 1. The summed E-state index contributed by atoms with van der Waals surface area (Å²) >= 11 is 3.19. The molecule has 4 aromatic heterocycles. The smallest absolute Gasteiger partial charge is 0.175 e. The first-order valence-electron chi connectivity index (χ1n) is 10.7. The number of thiazole rings is 1. The largest absolute Gasteiger partial charge is 0.464 e. The fourth-order valence-corrected chi connectivity index (χ4v) is 5.40. The lowest BCUT2D eigenvalue weighted by Crippen LogP contribution is -2.29. The van der Waals surface area contributed by atoms with Gasteiger partial charge < -0.3 is 20.0 Å². The number of fused-ring (bicyclic) bond motifs is 2. The maximum absolute atomic E-state index is 6.14. The molecule has 33 heavy (non-hydrogen) atoms. The zero-order chi connectivity index (χ0) is 23.0. The van der Waals surface area contributed by atoms with Crippen molar-refractivity contribution in [1.82, 2.24) is 29.8 Å². The number of aromatic nitrogens is 5. The van der Waals surface area contributed by atoms with Gasteiger partial charge in [0.2, 0.25) is 0 Å². The monoisotopic (exact) mass is 479 g/mol. The molecule has 3 N–H and O–H groups in total. The van der Waals surface area contributed by atoms with E-state index in [4.69, 9.17) is 15.1 Å². The Bertz CT molecular complexity index is 1400. The van der Waals surface area contributed by atoms with E-state index < -0.39 is 0 Å². The quantitative estimate of drug-likeness (QED) is 0.312. The van der Waals surface area contributed by atoms with Crippen LogP contribution in [0.3, 0.4) is 0 Å². The van der Waals surface area contributed by atoms with E-state index in [0.29, 0.717) is 17.9 Å². The van der Waals surface area contributed by atoms with Gasteiger partial charge in [0, 0.05) is 30.1 Å². The van der Waals surface area contributed by atoms with Crippen LogP contribution in [0.1, 0.15) is 20.8 Å². The van der Waals surface area contributed by atoms with Crippen molar-refractivity contribution < 1.29 is 4.42 Å². The summed E-state index contributed by atoms with van der Waals surface area (Å²) in [4.78, 5) is 19.0. The van der Waals surface area contributed by atoms with Crippen LogP contribution in [0.25, 0.3) is 32.7 Å². The molecule has 10 heteroatoms. The molecule has 8 nitrogen and oxygen atoms in total. The lowest BCUT2D eigenvalue weighted by molar-refractivity contribution is 0.375. The van der Waals surface area contributed by atoms with Gasteiger partial charge in [-0.05, 0) is 29.7 Å². The standard InChI is InChI=1S/C23H25N7OS2/c1-23(2,3)11-25-6-7-30-21-19(20(24)26-12-27-21)29-22(30)33-17-10-18-15(28-13-32-18)9-14(17)16-5-4-8-31-16/h4-5,8-10,12-13,25H,6-7,11H2,1-3H3,(H2,24,26,27). The summed E-state index contributed by atoms with van der Waals surface area (Å²) < 4.78 is 8.95. The molecular formula is C23H25N7OS2. The SMILES string of the molecule is CC(C)(C)CNCCn1c(Sc2cc3scnc3cc2-c2ccco2)nc2c(N)ncnc21. The van der Waals surface area contributed by atoms with Crippen molar-refractivity contribution in [2.45, 2.75) is 37.4 Å². The highest BCUT2D eigenvalue weighted by Crippen LogP contribution is 2.40. The highest BCUT2D eigenvalue weighted by Gasteiger charge is 2.19. The van der Waals surface area contributed by atoms with Gasteiger partial charge in [-0.3, -0.25) is 0 Å². The minimum absolute atomic E-state index is 0.212. The molecule has 0 atom stereocenters. The number of nitrogens with two attached hydrogens (primary N) is 1. The second-order valence-electron chi connectivity index (χ2n) is 8.96. The number of imidazole rings is 1. The van der Waals surface area contributed by atoms with Gasteiger partial charge in [-0.2, -0.15) is 0 Å². The first kappa shape index (κ1) is 21.9. The third-order valence-electron chi connectivity index (χ3n) is 5.11. The number of hydrogen-bond acceptors (Lipinski definition) is 9. The maximum atomic E-state index is 6.14. The lowest BCUT2D eigenvalue weighted by Gasteiger charge is -2.19. The summed E-state index contributed by atoms with van der Waals surface area (Å²) in [6.07, 6.45) is 3.17. The average molecular weight is 480 g/mol. The second-order valence-corrected chi connectivity index (χ2v) is 10.9. The van der Waals surface area contributed by atoms with Crippen LogP contribution in [0.4, 0.5) is 5.82 Å². The second kappa shape index (κ2) is 8.77. The van der Waals surface area contributed by atoms with Gasteiger partial charge in [0.25, 0.3) is 0 Å². The number of nitrogen functional groups attached to an aromatic ring is 1. The van der Waals surface area contributed by atoms with Gasteiger partial charge in [0.1, 0.15) is 12.1 Å². The fourth-order valence-electron chi connectivity index (χ4n) is 3.56. The molecule has 0 unspecified atom stereocenters. The van der Waals surface area contributed by atoms with Crippen LogP contribution in [0, 0.1) is 5.41 Å². The number of benzene rings is 1. The third kappa shape index (κ3) is 4.59. The van der Waals surface area contributed by atoms with Crippen LogP contribution < -0.4 is 11.1 Å². The molecule has 0 spiro atoms. The first-order chi connectivity index (χ1) is 15.9. The molecule has 0 fully saturated rings. The van der Waals surface area contributed by atoms with Crippen LogP contribution in [0.5, 0.6) is 0 Å². The van der Waals surface area contributed by atoms with E-state index >= 15 is 0 Å². The highest BCUT2D eigenvalue weighted by atomic mass is 32.2. The molecule has 0 aliphatic rings. The normalized spacial score (nSPS) is 12.2. The zero-order valence-electron chi connectivity index (χ0n) is 18.7. The Hall–Kier alpha value is -2.95. The van der Waals surface area contributed by atoms with Gasteiger partial charge in [-0.15, -0.1) is 11.3 Å². The number of hydrogen-bond donors (Lipinski definition) is 2. The minimum Gasteiger partial charge on any atom is -0.464 e. The Labute approximate surface area is 199 Å². The van der Waals surface area contributed by atoms with Crippen molar-refractivity contribution in [3.8, 4) is 11.3 Å². The summed E-state index contributed by atoms with van der Waals surface area (Å²) in [5, 5.41) is 4.35. The molecule has 5 rings (SSSR count). The first-order valence-corrected chi connectivity index (χ1v) is 12.3. The van der Waals surface area contributed by atoms with E-state index in [1.165, 1.54) is 6.33 Å². The molecular weight excluding hydrogens is 454 g/mol. The van der Waals surface area contributed by atoms with Crippen molar-refractivity contribution in [1.29, 1.82) is 0 Å². The van der Waals surface area contributed by atoms with Crippen LogP contribution in [-0.2, 0) is 6.54 Å². The Morgan fingerprint density at radius 1 is 1.21 bits per heavy atom. The summed E-state index contributed by atoms with van der Waals surface area (Å²) in [6.45, 7) is 9.07. The van der Waals surface area contributed by atoms with Crippen LogP contribution in [-0.4, -0.2) is 37.6 Å². The predicted molar refractivity (Wildman–Crippen MR) is 134 cm³/mol. The molecule has 170 valence electrons. The molecule has 4 heterocycles. The summed E-state index contributed by atoms with van der Waals surface area (Å²) in [5.41, 5.74) is 11.5. The molecule has 0 bridgehead atoms. The lowest BCUT2D eigenvalue weighted by atomic mass is 9.97. The summed E-state index contributed by atoms with van der Waals surface area (Å²) in [6, 6.07) is 8.06. The predicted octanol–water partition coefficient (Wildman–Crippen LogP) is 5.07. The molecule has 0 saturated carbocycles. The highest BCUT2D eigenvalue weighted by molar-refractivity contribution is 7.99. The van der Waals surface area contributed by atoms with Crippen LogP contribution >= 0.6 is 23.1 Å². The molecule has 5 aromatic rings. The van der Waals surface area contributed by atoms with E-state index in [-0.39, 0.29) is 5.41 Å².